The standard InChI is InChI=1S/C32H32N4O5S/c1-4-41-31(38)27-28(21-11-6-5-7-12-21)35-32-36(29(27)24-14-10-15-25(39-2)30(24)40-3)23(20-42-32)19-26(37)34-18-16-22-13-8-9-17-33-22/h5-15,17,20,29H,4,16,18-19H2,1-3H3,(H,34,37). The Morgan fingerprint density at radius 3 is 2.52 bits per heavy atom. The molecule has 2 aliphatic rings. The Hall–Kier alpha value is -4.57. The van der Waals surface area contributed by atoms with E-state index in [1.807, 2.05) is 71.0 Å². The average molecular weight is 585 g/mol. The Kier molecular flexibility index (Phi) is 9.23. The van der Waals surface area contributed by atoms with E-state index >= 15 is 0 Å². The summed E-state index contributed by atoms with van der Waals surface area (Å²) in [7, 11) is 3.13. The van der Waals surface area contributed by atoms with Gasteiger partial charge in [0.1, 0.15) is 0 Å². The van der Waals surface area contributed by atoms with E-state index in [0.717, 1.165) is 11.3 Å². The Labute approximate surface area is 249 Å². The van der Waals surface area contributed by atoms with Gasteiger partial charge in [-0.1, -0.05) is 60.3 Å². The summed E-state index contributed by atoms with van der Waals surface area (Å²) in [6, 6.07) is 20.1. The van der Waals surface area contributed by atoms with Crippen LogP contribution < -0.4 is 14.8 Å². The van der Waals surface area contributed by atoms with Crippen molar-refractivity contribution in [2.45, 2.75) is 25.8 Å². The van der Waals surface area contributed by atoms with Crippen LogP contribution in [0.15, 0.2) is 94.6 Å². The summed E-state index contributed by atoms with van der Waals surface area (Å²) in [5.74, 6) is 0.362. The summed E-state index contributed by atoms with van der Waals surface area (Å²) in [6.45, 7) is 2.42. The van der Waals surface area contributed by atoms with Gasteiger partial charge in [-0.05, 0) is 30.5 Å². The van der Waals surface area contributed by atoms with Gasteiger partial charge in [0.25, 0.3) is 0 Å². The van der Waals surface area contributed by atoms with E-state index in [9.17, 15) is 9.59 Å². The molecule has 0 spiro atoms. The number of aromatic nitrogens is 1. The first-order valence-electron chi connectivity index (χ1n) is 13.6. The lowest BCUT2D eigenvalue weighted by atomic mass is 9.90. The van der Waals surface area contributed by atoms with Crippen LogP contribution in [-0.2, 0) is 20.7 Å². The summed E-state index contributed by atoms with van der Waals surface area (Å²) in [5, 5.41) is 5.55. The van der Waals surface area contributed by atoms with Gasteiger partial charge in [-0.25, -0.2) is 9.79 Å². The van der Waals surface area contributed by atoms with E-state index in [1.165, 1.54) is 11.8 Å². The Bertz CT molecular complexity index is 1540. The van der Waals surface area contributed by atoms with Gasteiger partial charge in [0, 0.05) is 41.7 Å². The lowest BCUT2D eigenvalue weighted by molar-refractivity contribution is -0.139. The van der Waals surface area contributed by atoms with Crippen molar-refractivity contribution in [1.29, 1.82) is 0 Å². The molecule has 0 radical (unpaired) electrons. The normalized spacial score (nSPS) is 15.9. The number of esters is 1. The molecule has 0 saturated heterocycles. The third kappa shape index (κ3) is 6.03. The first-order chi connectivity index (χ1) is 20.5. The first-order valence-corrected chi connectivity index (χ1v) is 14.5. The van der Waals surface area contributed by atoms with Crippen LogP contribution in [0.2, 0.25) is 0 Å². The molecule has 0 saturated carbocycles. The highest BCUT2D eigenvalue weighted by Crippen LogP contribution is 2.50. The van der Waals surface area contributed by atoms with E-state index in [-0.39, 0.29) is 18.9 Å². The Balaban J connectivity index is 1.54. The number of pyridine rings is 1. The van der Waals surface area contributed by atoms with Crippen LogP contribution in [0, 0.1) is 0 Å². The molecule has 3 heterocycles. The van der Waals surface area contributed by atoms with Crippen LogP contribution in [0.25, 0.3) is 5.70 Å². The summed E-state index contributed by atoms with van der Waals surface area (Å²) in [6.07, 6.45) is 2.45. The van der Waals surface area contributed by atoms with Crippen molar-refractivity contribution in [3.8, 4) is 11.5 Å². The Morgan fingerprint density at radius 1 is 1.00 bits per heavy atom. The van der Waals surface area contributed by atoms with Crippen LogP contribution in [0.4, 0.5) is 0 Å². The largest absolute Gasteiger partial charge is 0.493 e. The topological polar surface area (TPSA) is 102 Å². The van der Waals surface area contributed by atoms with Crippen LogP contribution in [0.3, 0.4) is 0 Å². The first kappa shape index (κ1) is 28.9. The van der Waals surface area contributed by atoms with Crippen LogP contribution in [-0.4, -0.2) is 54.3 Å². The molecule has 1 N–H and O–H groups in total. The smallest absolute Gasteiger partial charge is 0.338 e. The molecule has 9 nitrogen and oxygen atoms in total. The predicted molar refractivity (Wildman–Crippen MR) is 163 cm³/mol. The molecule has 1 atom stereocenters. The number of aliphatic imine (C=N–C) groups is 1. The minimum absolute atomic E-state index is 0.0911. The third-order valence-corrected chi connectivity index (χ3v) is 7.74. The predicted octanol–water partition coefficient (Wildman–Crippen LogP) is 5.12. The van der Waals surface area contributed by atoms with Crippen molar-refractivity contribution in [1.82, 2.24) is 15.2 Å². The average Bonchev–Trinajstić information content (AvgIpc) is 3.42. The van der Waals surface area contributed by atoms with E-state index in [0.29, 0.717) is 52.2 Å². The quantitative estimate of drug-likeness (QED) is 0.310. The zero-order valence-electron chi connectivity index (χ0n) is 23.7. The van der Waals surface area contributed by atoms with Gasteiger partial charge in [0.15, 0.2) is 16.7 Å². The molecule has 10 heteroatoms. The summed E-state index contributed by atoms with van der Waals surface area (Å²) in [4.78, 5) is 38.1. The van der Waals surface area contributed by atoms with Crippen molar-refractivity contribution in [2.75, 3.05) is 27.4 Å². The van der Waals surface area contributed by atoms with Gasteiger partial charge < -0.3 is 24.4 Å². The fourth-order valence-corrected chi connectivity index (χ4v) is 5.93. The monoisotopic (exact) mass is 584 g/mol. The number of benzene rings is 2. The lowest BCUT2D eigenvalue weighted by Crippen LogP contribution is -2.38. The number of carbonyl (C=O) groups excluding carboxylic acids is 2. The maximum Gasteiger partial charge on any atom is 0.338 e. The van der Waals surface area contributed by atoms with Crippen molar-refractivity contribution < 1.29 is 23.8 Å². The van der Waals surface area contributed by atoms with Crippen LogP contribution in [0.5, 0.6) is 11.5 Å². The number of carbonyl (C=O) groups is 2. The fourth-order valence-electron chi connectivity index (χ4n) is 5.01. The number of ether oxygens (including phenoxy) is 3. The molecule has 3 aromatic rings. The number of thioether (sulfide) groups is 1. The van der Waals surface area contributed by atoms with E-state index in [4.69, 9.17) is 19.2 Å². The number of hydrogen-bond donors (Lipinski definition) is 1. The van der Waals surface area contributed by atoms with E-state index in [1.54, 1.807) is 33.4 Å². The molecule has 42 heavy (non-hydrogen) atoms. The summed E-state index contributed by atoms with van der Waals surface area (Å²) < 4.78 is 17.0. The van der Waals surface area contributed by atoms with Gasteiger partial charge in [-0.2, -0.15) is 0 Å². The number of amides is 1. The lowest BCUT2D eigenvalue weighted by Gasteiger charge is -2.37. The van der Waals surface area contributed by atoms with Crippen LogP contribution >= 0.6 is 11.8 Å². The molecule has 2 aromatic carbocycles. The second-order valence-electron chi connectivity index (χ2n) is 9.42. The molecule has 1 unspecified atom stereocenters. The maximum atomic E-state index is 13.8. The fraction of sp³-hybridized carbons (Fsp3) is 0.250. The number of nitrogens with zero attached hydrogens (tertiary/aromatic N) is 3. The highest BCUT2D eigenvalue weighted by atomic mass is 32.2. The molecule has 0 aliphatic carbocycles. The molecular weight excluding hydrogens is 552 g/mol. The number of para-hydroxylation sites is 1. The number of nitrogens with one attached hydrogen (secondary N) is 1. The van der Waals surface area contributed by atoms with Crippen molar-refractivity contribution in [3.05, 3.63) is 106 Å². The second kappa shape index (κ2) is 13.4. The Morgan fingerprint density at radius 2 is 1.81 bits per heavy atom. The molecule has 216 valence electrons. The van der Waals surface area contributed by atoms with E-state index in [2.05, 4.69) is 10.3 Å². The maximum absolute atomic E-state index is 13.8. The molecule has 5 rings (SSSR count). The van der Waals surface area contributed by atoms with Gasteiger partial charge in [-0.3, -0.25) is 9.78 Å². The van der Waals surface area contributed by atoms with Crippen molar-refractivity contribution in [2.24, 2.45) is 4.99 Å². The summed E-state index contributed by atoms with van der Waals surface area (Å²) >= 11 is 1.41. The minimum Gasteiger partial charge on any atom is -0.493 e. The van der Waals surface area contributed by atoms with Crippen molar-refractivity contribution in [3.63, 3.8) is 0 Å². The second-order valence-corrected chi connectivity index (χ2v) is 10.3. The summed E-state index contributed by atoms with van der Waals surface area (Å²) in [5.41, 5.74) is 3.93. The van der Waals surface area contributed by atoms with Gasteiger partial charge in [0.2, 0.25) is 5.91 Å². The van der Waals surface area contributed by atoms with Gasteiger partial charge >= 0.3 is 5.97 Å². The molecule has 0 bridgehead atoms. The van der Waals surface area contributed by atoms with E-state index < -0.39 is 12.0 Å². The number of amidine groups is 1. The van der Waals surface area contributed by atoms with Crippen LogP contribution in [0.1, 0.15) is 36.2 Å². The van der Waals surface area contributed by atoms with Gasteiger partial charge in [-0.15, -0.1) is 0 Å². The minimum atomic E-state index is -0.695. The molecule has 2 aliphatic heterocycles. The number of rotatable bonds is 11. The molecular formula is C32H32N4O5S. The molecule has 1 amide bonds. The third-order valence-electron chi connectivity index (χ3n) is 6.85. The molecule has 1 aromatic heterocycles. The highest BCUT2D eigenvalue weighted by Gasteiger charge is 2.43. The molecule has 0 fully saturated rings. The zero-order valence-corrected chi connectivity index (χ0v) is 24.5. The SMILES string of the molecule is CCOC(=O)C1=C(c2ccccc2)N=C2SC=C(CC(=O)NCCc3ccccn3)N2C1c1cccc(OC)c1OC. The number of methoxy groups -OCH3 is 2. The van der Waals surface area contributed by atoms with Crippen molar-refractivity contribution >= 4 is 34.5 Å². The highest BCUT2D eigenvalue weighted by molar-refractivity contribution is 8.16. The zero-order chi connectivity index (χ0) is 29.5. The number of fused-ring (bicyclic) bond motifs is 1. The van der Waals surface area contributed by atoms with Gasteiger partial charge in [0.05, 0.1) is 44.6 Å². The number of hydrogen-bond acceptors (Lipinski definition) is 9.